The van der Waals surface area contributed by atoms with Crippen molar-refractivity contribution in [2.75, 3.05) is 0 Å². The maximum atomic E-state index is 13.2. The largest absolute Gasteiger partial charge is 0.316 e. The summed E-state index contributed by atoms with van der Waals surface area (Å²) in [4.78, 5) is 27.7. The molecule has 5 rings (SSSR count). The predicted octanol–water partition coefficient (Wildman–Crippen LogP) is 7.79. The first-order valence-corrected chi connectivity index (χ1v) is 12.3. The Kier molecular flexibility index (Phi) is 6.02. The Bertz CT molecular complexity index is 1500. The molecule has 0 unspecified atom stereocenters. The molecule has 3 aromatic carbocycles. The number of amides is 2. The minimum absolute atomic E-state index is 0.237. The Hall–Kier alpha value is -2.99. The molecule has 0 spiro atoms. The van der Waals surface area contributed by atoms with Gasteiger partial charge in [-0.2, -0.15) is 0 Å². The number of hydrogen-bond acceptors (Lipinski definition) is 3. The van der Waals surface area contributed by atoms with E-state index in [1.807, 2.05) is 79.1 Å². The lowest BCUT2D eigenvalue weighted by atomic mass is 10.0. The molecular formula is C27H20Cl2N2O2S. The van der Waals surface area contributed by atoms with Crippen molar-refractivity contribution in [3.63, 3.8) is 0 Å². The summed E-state index contributed by atoms with van der Waals surface area (Å²) in [5, 5.41) is 2.79. The van der Waals surface area contributed by atoms with Gasteiger partial charge in [0.1, 0.15) is 0 Å². The summed E-state index contributed by atoms with van der Waals surface area (Å²) in [6.07, 6.45) is 1.78. The van der Waals surface area contributed by atoms with E-state index >= 15 is 0 Å². The minimum atomic E-state index is -0.284. The number of halogens is 2. The molecule has 4 nitrogen and oxygen atoms in total. The maximum absolute atomic E-state index is 13.2. The molecule has 4 aromatic rings. The monoisotopic (exact) mass is 506 g/mol. The fourth-order valence-corrected chi connectivity index (χ4v) is 5.56. The van der Waals surface area contributed by atoms with Gasteiger partial charge in [0.05, 0.1) is 27.2 Å². The molecule has 1 aromatic heterocycles. The van der Waals surface area contributed by atoms with Crippen LogP contribution in [0.2, 0.25) is 10.0 Å². The van der Waals surface area contributed by atoms with Crippen molar-refractivity contribution in [2.45, 2.75) is 20.4 Å². The van der Waals surface area contributed by atoms with Gasteiger partial charge in [0, 0.05) is 11.4 Å². The summed E-state index contributed by atoms with van der Waals surface area (Å²) in [5.74, 6) is -0.284. The highest BCUT2D eigenvalue weighted by Crippen LogP contribution is 2.36. The number of thioether (sulfide) groups is 1. The lowest BCUT2D eigenvalue weighted by Gasteiger charge is -2.14. The number of rotatable bonds is 4. The highest BCUT2D eigenvalue weighted by Gasteiger charge is 2.35. The highest BCUT2D eigenvalue weighted by atomic mass is 35.5. The van der Waals surface area contributed by atoms with Gasteiger partial charge < -0.3 is 4.57 Å². The quantitative estimate of drug-likeness (QED) is 0.265. The van der Waals surface area contributed by atoms with Crippen LogP contribution in [0.15, 0.2) is 71.6 Å². The third-order valence-corrected chi connectivity index (χ3v) is 7.73. The first kappa shape index (κ1) is 22.8. The first-order valence-electron chi connectivity index (χ1n) is 10.7. The number of nitrogens with zero attached hydrogens (tertiary/aromatic N) is 2. The molecular weight excluding hydrogens is 487 g/mol. The van der Waals surface area contributed by atoms with Gasteiger partial charge in [0.15, 0.2) is 0 Å². The van der Waals surface area contributed by atoms with Crippen LogP contribution in [0.3, 0.4) is 0 Å². The summed E-state index contributed by atoms with van der Waals surface area (Å²) in [7, 11) is 0. The van der Waals surface area contributed by atoms with E-state index in [0.717, 1.165) is 50.7 Å². The van der Waals surface area contributed by atoms with Gasteiger partial charge in [-0.15, -0.1) is 0 Å². The van der Waals surface area contributed by atoms with Crippen molar-refractivity contribution >= 4 is 63.0 Å². The predicted molar refractivity (Wildman–Crippen MR) is 141 cm³/mol. The van der Waals surface area contributed by atoms with Gasteiger partial charge in [0.2, 0.25) is 0 Å². The van der Waals surface area contributed by atoms with Gasteiger partial charge in [0.25, 0.3) is 11.1 Å². The van der Waals surface area contributed by atoms with Crippen LogP contribution in [-0.2, 0) is 11.3 Å². The zero-order chi connectivity index (χ0) is 24.0. The van der Waals surface area contributed by atoms with Gasteiger partial charge in [-0.1, -0.05) is 71.7 Å². The smallest absolute Gasteiger partial charge is 0.293 e. The van der Waals surface area contributed by atoms with Gasteiger partial charge in [-0.3, -0.25) is 14.5 Å². The Morgan fingerprint density at radius 1 is 0.941 bits per heavy atom. The van der Waals surface area contributed by atoms with Crippen LogP contribution in [0.5, 0.6) is 0 Å². The van der Waals surface area contributed by atoms with Crippen molar-refractivity contribution < 1.29 is 9.59 Å². The van der Waals surface area contributed by atoms with Crippen molar-refractivity contribution in [2.24, 2.45) is 0 Å². The number of fused-ring (bicyclic) bond motifs is 1. The average molecular weight is 507 g/mol. The van der Waals surface area contributed by atoms with E-state index in [4.69, 9.17) is 23.2 Å². The lowest BCUT2D eigenvalue weighted by molar-refractivity contribution is -0.123. The van der Waals surface area contributed by atoms with Crippen molar-refractivity contribution in [1.29, 1.82) is 0 Å². The Morgan fingerprint density at radius 2 is 1.68 bits per heavy atom. The molecule has 1 fully saturated rings. The topological polar surface area (TPSA) is 42.3 Å². The molecule has 2 amide bonds. The van der Waals surface area contributed by atoms with Crippen LogP contribution in [0, 0.1) is 13.8 Å². The molecule has 1 saturated heterocycles. The number of hydrogen-bond donors (Lipinski definition) is 0. The fraction of sp³-hybridized carbons (Fsp3) is 0.111. The highest BCUT2D eigenvalue weighted by molar-refractivity contribution is 8.18. The molecule has 0 atom stereocenters. The van der Waals surface area contributed by atoms with Gasteiger partial charge in [-0.05, 0) is 71.8 Å². The normalized spacial score (nSPS) is 15.2. The molecule has 0 N–H and O–H groups in total. The summed E-state index contributed by atoms with van der Waals surface area (Å²) < 4.78 is 2.00. The maximum Gasteiger partial charge on any atom is 0.293 e. The fourth-order valence-electron chi connectivity index (χ4n) is 4.35. The standard InChI is InChI=1S/C27H20Cl2N2O2S/c1-16-13-20(17(2)31(16)23-12-6-11-22(28)25(23)29)14-24-26(32)30(27(33)34-24)15-19-9-5-8-18-7-3-4-10-21(18)19/h3-14H,15H2,1-2H3/b24-14-. The second kappa shape index (κ2) is 8.99. The second-order valence-electron chi connectivity index (χ2n) is 8.14. The minimum Gasteiger partial charge on any atom is -0.316 e. The number of imide groups is 1. The molecule has 7 heteroatoms. The van der Waals surface area contributed by atoms with Crippen LogP contribution in [0.4, 0.5) is 4.79 Å². The molecule has 0 saturated carbocycles. The number of aromatic nitrogens is 1. The van der Waals surface area contributed by atoms with Gasteiger partial charge in [-0.25, -0.2) is 0 Å². The molecule has 0 radical (unpaired) electrons. The van der Waals surface area contributed by atoms with E-state index in [2.05, 4.69) is 0 Å². The van der Waals surface area contributed by atoms with Crippen LogP contribution in [0.25, 0.3) is 22.5 Å². The third-order valence-electron chi connectivity index (χ3n) is 6.01. The molecule has 34 heavy (non-hydrogen) atoms. The SMILES string of the molecule is Cc1cc(/C=C2\SC(=O)N(Cc3cccc4ccccc34)C2=O)c(C)n1-c1cccc(Cl)c1Cl. The number of benzene rings is 3. The van der Waals surface area contributed by atoms with Crippen molar-refractivity contribution in [1.82, 2.24) is 9.47 Å². The Morgan fingerprint density at radius 3 is 2.50 bits per heavy atom. The first-order chi connectivity index (χ1) is 16.3. The summed E-state index contributed by atoms with van der Waals surface area (Å²) in [6, 6.07) is 21.4. The van der Waals surface area contributed by atoms with E-state index in [1.54, 1.807) is 12.1 Å². The second-order valence-corrected chi connectivity index (χ2v) is 9.92. The van der Waals surface area contributed by atoms with E-state index in [0.29, 0.717) is 15.0 Å². The van der Waals surface area contributed by atoms with E-state index < -0.39 is 0 Å². The molecule has 1 aliphatic rings. The Labute approximate surface area is 211 Å². The zero-order valence-electron chi connectivity index (χ0n) is 18.5. The van der Waals surface area contributed by atoms with E-state index in [9.17, 15) is 9.59 Å². The van der Waals surface area contributed by atoms with Crippen LogP contribution < -0.4 is 0 Å². The number of carbonyl (C=O) groups excluding carboxylic acids is 2. The number of carbonyl (C=O) groups is 2. The zero-order valence-corrected chi connectivity index (χ0v) is 20.8. The van der Waals surface area contributed by atoms with E-state index in [-0.39, 0.29) is 17.7 Å². The van der Waals surface area contributed by atoms with Gasteiger partial charge >= 0.3 is 0 Å². The van der Waals surface area contributed by atoms with Crippen LogP contribution in [-0.4, -0.2) is 20.6 Å². The third kappa shape index (κ3) is 3.94. The molecule has 1 aliphatic heterocycles. The molecule has 2 heterocycles. The number of aryl methyl sites for hydroxylation is 1. The molecule has 170 valence electrons. The van der Waals surface area contributed by atoms with Crippen LogP contribution >= 0.6 is 35.0 Å². The summed E-state index contributed by atoms with van der Waals surface area (Å²) >= 11 is 13.6. The van der Waals surface area contributed by atoms with Crippen molar-refractivity contribution in [3.8, 4) is 5.69 Å². The molecule has 0 aliphatic carbocycles. The average Bonchev–Trinajstić information content (AvgIpc) is 3.25. The lowest BCUT2D eigenvalue weighted by Crippen LogP contribution is -2.27. The van der Waals surface area contributed by atoms with Crippen LogP contribution in [0.1, 0.15) is 22.5 Å². The van der Waals surface area contributed by atoms with Crippen molar-refractivity contribution in [3.05, 3.63) is 104 Å². The molecule has 0 bridgehead atoms. The Balaban J connectivity index is 1.47. The summed E-state index contributed by atoms with van der Waals surface area (Å²) in [6.45, 7) is 4.16. The summed E-state index contributed by atoms with van der Waals surface area (Å²) in [5.41, 5.74) is 4.41. The van der Waals surface area contributed by atoms with E-state index in [1.165, 1.54) is 4.90 Å².